The number of hydrogen-bond donors (Lipinski definition) is 1. The number of aryl methyl sites for hydroxylation is 1. The van der Waals surface area contributed by atoms with Gasteiger partial charge in [-0.3, -0.25) is 4.79 Å². The summed E-state index contributed by atoms with van der Waals surface area (Å²) < 4.78 is 7.90. The van der Waals surface area contributed by atoms with Crippen LogP contribution in [0.1, 0.15) is 44.3 Å². The van der Waals surface area contributed by atoms with Gasteiger partial charge in [0.1, 0.15) is 17.4 Å². The number of amides is 1. The normalized spacial score (nSPS) is 28.0. The number of aromatic nitrogens is 3. The van der Waals surface area contributed by atoms with Crippen molar-refractivity contribution < 1.29 is 9.53 Å². The molecule has 0 spiro atoms. The van der Waals surface area contributed by atoms with Crippen LogP contribution in [0.15, 0.2) is 54.9 Å². The smallest absolute Gasteiger partial charge is 0.230 e. The van der Waals surface area contributed by atoms with E-state index in [-0.39, 0.29) is 11.3 Å². The maximum absolute atomic E-state index is 13.3. The summed E-state index contributed by atoms with van der Waals surface area (Å²) in [7, 11) is 0. The van der Waals surface area contributed by atoms with Crippen molar-refractivity contribution in [3.8, 4) is 17.4 Å². The first-order chi connectivity index (χ1) is 15.5. The first-order valence-electron chi connectivity index (χ1n) is 11.6. The summed E-state index contributed by atoms with van der Waals surface area (Å²) in [5.74, 6) is 5.07. The zero-order valence-corrected chi connectivity index (χ0v) is 18.3. The van der Waals surface area contributed by atoms with E-state index in [4.69, 9.17) is 4.74 Å². The van der Waals surface area contributed by atoms with Crippen LogP contribution >= 0.6 is 0 Å². The second kappa shape index (κ2) is 7.47. The Morgan fingerprint density at radius 1 is 1.00 bits per heavy atom. The lowest BCUT2D eigenvalue weighted by atomic mass is 9.49. The lowest BCUT2D eigenvalue weighted by molar-refractivity contribution is -0.140. The Morgan fingerprint density at radius 3 is 2.25 bits per heavy atom. The highest BCUT2D eigenvalue weighted by Gasteiger charge is 2.54. The Hall–Kier alpha value is -3.15. The molecule has 6 heteroatoms. The first-order valence-corrected chi connectivity index (χ1v) is 11.6. The third-order valence-corrected chi connectivity index (χ3v) is 7.52. The van der Waals surface area contributed by atoms with E-state index < -0.39 is 0 Å². The van der Waals surface area contributed by atoms with Crippen molar-refractivity contribution in [2.45, 2.75) is 45.4 Å². The molecule has 0 unspecified atom stereocenters. The minimum Gasteiger partial charge on any atom is -0.439 e. The zero-order chi connectivity index (χ0) is 21.7. The predicted octanol–water partition coefficient (Wildman–Crippen LogP) is 5.52. The number of ether oxygens (including phenoxy) is 1. The van der Waals surface area contributed by atoms with Crippen molar-refractivity contribution in [2.24, 2.45) is 23.2 Å². The quantitative estimate of drug-likeness (QED) is 0.581. The number of benzene rings is 1. The summed E-state index contributed by atoms with van der Waals surface area (Å²) in [5, 5.41) is 3.20. The fraction of sp³-hybridized carbons (Fsp3) is 0.423. The molecule has 4 saturated carbocycles. The number of carbonyl (C=O) groups is 1. The van der Waals surface area contributed by atoms with E-state index >= 15 is 0 Å². The molecule has 0 radical (unpaired) electrons. The van der Waals surface area contributed by atoms with Crippen LogP contribution in [0, 0.1) is 30.1 Å². The van der Waals surface area contributed by atoms with Crippen LogP contribution in [0.5, 0.6) is 11.6 Å². The van der Waals surface area contributed by atoms with E-state index in [0.717, 1.165) is 48.5 Å². The second-order valence-corrected chi connectivity index (χ2v) is 9.98. The Morgan fingerprint density at radius 2 is 1.62 bits per heavy atom. The van der Waals surface area contributed by atoms with Crippen molar-refractivity contribution in [1.29, 1.82) is 0 Å². The Balaban J connectivity index is 1.15. The molecule has 4 aliphatic rings. The van der Waals surface area contributed by atoms with Gasteiger partial charge in [-0.25, -0.2) is 4.98 Å². The van der Waals surface area contributed by atoms with Crippen LogP contribution in [0.3, 0.4) is 0 Å². The Labute approximate surface area is 188 Å². The third kappa shape index (κ3) is 3.57. The predicted molar refractivity (Wildman–Crippen MR) is 122 cm³/mol. The molecule has 0 atom stereocenters. The van der Waals surface area contributed by atoms with Gasteiger partial charge in [-0.2, -0.15) is 4.98 Å². The zero-order valence-electron chi connectivity index (χ0n) is 18.3. The van der Waals surface area contributed by atoms with Gasteiger partial charge in [-0.15, -0.1) is 0 Å². The average Bonchev–Trinajstić information content (AvgIpc) is 3.29. The second-order valence-electron chi connectivity index (χ2n) is 9.98. The molecule has 3 aromatic rings. The molecule has 4 fully saturated rings. The summed E-state index contributed by atoms with van der Waals surface area (Å²) in [6.45, 7) is 1.85. The van der Waals surface area contributed by atoms with E-state index in [0.29, 0.717) is 17.5 Å². The molecule has 32 heavy (non-hydrogen) atoms. The van der Waals surface area contributed by atoms with Gasteiger partial charge in [0, 0.05) is 24.1 Å². The van der Waals surface area contributed by atoms with Crippen LogP contribution in [0.4, 0.5) is 5.69 Å². The molecule has 1 N–H and O–H groups in total. The van der Waals surface area contributed by atoms with E-state index in [2.05, 4.69) is 15.3 Å². The monoisotopic (exact) mass is 428 g/mol. The standard InChI is InChI=1S/C26H28N4O2/c1-17-27-23(30-8-2-3-9-30)13-24(28-17)32-22-6-4-21(5-7-22)29-25(31)26-14-18-10-19(15-26)12-20(11-18)16-26/h2-9,13,18-20H,10-12,14-16H2,1H3,(H,29,31). The van der Waals surface area contributed by atoms with E-state index in [1.54, 1.807) is 0 Å². The van der Waals surface area contributed by atoms with Crippen molar-refractivity contribution >= 4 is 11.6 Å². The van der Waals surface area contributed by atoms with Crippen LogP contribution in [0.2, 0.25) is 0 Å². The highest BCUT2D eigenvalue weighted by molar-refractivity contribution is 5.95. The van der Waals surface area contributed by atoms with Gasteiger partial charge < -0.3 is 14.6 Å². The molecular formula is C26H28N4O2. The van der Waals surface area contributed by atoms with Gasteiger partial charge in [0.05, 0.1) is 5.41 Å². The van der Waals surface area contributed by atoms with Gasteiger partial charge in [0.15, 0.2) is 0 Å². The summed E-state index contributed by atoms with van der Waals surface area (Å²) in [5.41, 5.74) is 0.682. The number of hydrogen-bond acceptors (Lipinski definition) is 4. The third-order valence-electron chi connectivity index (χ3n) is 7.52. The van der Waals surface area contributed by atoms with Crippen LogP contribution in [-0.4, -0.2) is 20.4 Å². The molecule has 6 nitrogen and oxygen atoms in total. The van der Waals surface area contributed by atoms with Crippen LogP contribution in [0.25, 0.3) is 5.82 Å². The fourth-order valence-electron chi connectivity index (χ4n) is 6.58. The number of nitrogens with zero attached hydrogens (tertiary/aromatic N) is 3. The molecule has 2 heterocycles. The van der Waals surface area contributed by atoms with Gasteiger partial charge in [-0.1, -0.05) is 0 Å². The van der Waals surface area contributed by atoms with E-state index in [1.807, 2.05) is 66.3 Å². The van der Waals surface area contributed by atoms with Crippen LogP contribution < -0.4 is 10.1 Å². The molecule has 4 bridgehead atoms. The van der Waals surface area contributed by atoms with E-state index in [1.165, 1.54) is 19.3 Å². The van der Waals surface area contributed by atoms with E-state index in [9.17, 15) is 4.79 Å². The average molecular weight is 429 g/mol. The number of anilines is 1. The largest absolute Gasteiger partial charge is 0.439 e. The maximum Gasteiger partial charge on any atom is 0.230 e. The highest BCUT2D eigenvalue weighted by atomic mass is 16.5. The Bertz CT molecular complexity index is 1100. The van der Waals surface area contributed by atoms with Gasteiger partial charge >= 0.3 is 0 Å². The lowest BCUT2D eigenvalue weighted by Crippen LogP contribution is -2.51. The summed E-state index contributed by atoms with van der Waals surface area (Å²) in [6, 6.07) is 13.3. The number of nitrogens with one attached hydrogen (secondary N) is 1. The minimum atomic E-state index is -0.142. The molecule has 0 aliphatic heterocycles. The lowest BCUT2D eigenvalue weighted by Gasteiger charge is -2.55. The minimum absolute atomic E-state index is 0.142. The van der Waals surface area contributed by atoms with Crippen molar-refractivity contribution in [3.63, 3.8) is 0 Å². The fourth-order valence-corrected chi connectivity index (χ4v) is 6.58. The molecule has 7 rings (SSSR count). The molecule has 0 saturated heterocycles. The molecule has 4 aliphatic carbocycles. The molecular weight excluding hydrogens is 400 g/mol. The van der Waals surface area contributed by atoms with Crippen molar-refractivity contribution in [3.05, 3.63) is 60.7 Å². The Kier molecular flexibility index (Phi) is 4.56. The maximum atomic E-state index is 13.3. The summed E-state index contributed by atoms with van der Waals surface area (Å²) >= 11 is 0. The van der Waals surface area contributed by atoms with Crippen molar-refractivity contribution in [1.82, 2.24) is 14.5 Å². The first kappa shape index (κ1) is 19.5. The molecule has 2 aromatic heterocycles. The van der Waals surface area contributed by atoms with Gasteiger partial charge in [0.2, 0.25) is 11.8 Å². The van der Waals surface area contributed by atoms with Crippen LogP contribution in [-0.2, 0) is 4.79 Å². The molecule has 1 aromatic carbocycles. The molecule has 1 amide bonds. The van der Waals surface area contributed by atoms with Gasteiger partial charge in [-0.05, 0) is 99.6 Å². The SMILES string of the molecule is Cc1nc(Oc2ccc(NC(=O)C34CC5CC(CC(C5)C3)C4)cc2)cc(-n2cccc2)n1. The summed E-state index contributed by atoms with van der Waals surface area (Å²) in [6.07, 6.45) is 11.1. The summed E-state index contributed by atoms with van der Waals surface area (Å²) in [4.78, 5) is 22.1. The number of rotatable bonds is 5. The van der Waals surface area contributed by atoms with Crippen molar-refractivity contribution in [2.75, 3.05) is 5.32 Å². The molecule has 164 valence electrons. The highest BCUT2D eigenvalue weighted by Crippen LogP contribution is 2.60. The van der Waals surface area contributed by atoms with Gasteiger partial charge in [0.25, 0.3) is 0 Å². The topological polar surface area (TPSA) is 69.0 Å². The number of carbonyl (C=O) groups excluding carboxylic acids is 1.